The summed E-state index contributed by atoms with van der Waals surface area (Å²) in [6, 6.07) is 4.37. The zero-order valence-corrected chi connectivity index (χ0v) is 9.31. The molecule has 1 aliphatic rings. The Balaban J connectivity index is 2.61. The highest BCUT2D eigenvalue weighted by Crippen LogP contribution is 2.40. The number of allylic oxidation sites excluding steroid dienone is 2. The van der Waals surface area contributed by atoms with E-state index in [9.17, 15) is 0 Å². The number of fused-ring (bicyclic) bond motifs is 1. The number of rotatable bonds is 0. The van der Waals surface area contributed by atoms with E-state index in [1.54, 1.807) is 0 Å². The van der Waals surface area contributed by atoms with Crippen molar-refractivity contribution < 1.29 is 0 Å². The topological polar surface area (TPSA) is 12.0 Å². The average molecular weight is 187 g/mol. The van der Waals surface area contributed by atoms with Gasteiger partial charge in [0.05, 0.1) is 0 Å². The second-order valence-electron chi connectivity index (χ2n) is 4.06. The van der Waals surface area contributed by atoms with Crippen LogP contribution in [0.15, 0.2) is 23.9 Å². The molecule has 0 amide bonds. The van der Waals surface area contributed by atoms with Gasteiger partial charge in [0.2, 0.25) is 0 Å². The highest BCUT2D eigenvalue weighted by atomic mass is 14.9. The molecule has 1 aliphatic heterocycles. The minimum atomic E-state index is 0.523. The summed E-state index contributed by atoms with van der Waals surface area (Å²) in [6.07, 6.45) is 2.17. The number of hydrogen-bond acceptors (Lipinski definition) is 1. The Hall–Kier alpha value is -1.24. The van der Waals surface area contributed by atoms with Crippen LogP contribution in [0.2, 0.25) is 0 Å². The fraction of sp³-hybridized carbons (Fsp3) is 0.385. The van der Waals surface area contributed by atoms with Crippen LogP contribution in [0.3, 0.4) is 0 Å². The van der Waals surface area contributed by atoms with Crippen molar-refractivity contribution in [2.45, 2.75) is 33.6 Å². The number of hydrogen-bond donors (Lipinski definition) is 1. The zero-order chi connectivity index (χ0) is 10.3. The van der Waals surface area contributed by atoms with E-state index < -0.39 is 0 Å². The van der Waals surface area contributed by atoms with Gasteiger partial charge in [0.1, 0.15) is 0 Å². The van der Waals surface area contributed by atoms with Crippen molar-refractivity contribution in [2.24, 2.45) is 0 Å². The van der Waals surface area contributed by atoms with Crippen LogP contribution in [-0.4, -0.2) is 0 Å². The SMILES string of the molecule is C/C=C1\Nc2ccc(C)c(C)c2C1C. The van der Waals surface area contributed by atoms with Gasteiger partial charge >= 0.3 is 0 Å². The first kappa shape index (κ1) is 9.32. The molecule has 2 rings (SSSR count). The van der Waals surface area contributed by atoms with Gasteiger partial charge in [-0.25, -0.2) is 0 Å². The summed E-state index contributed by atoms with van der Waals surface area (Å²) in [4.78, 5) is 0. The van der Waals surface area contributed by atoms with Gasteiger partial charge in [-0.3, -0.25) is 0 Å². The molecule has 0 bridgehead atoms. The molecule has 0 aliphatic carbocycles. The Morgan fingerprint density at radius 2 is 2.00 bits per heavy atom. The first-order chi connectivity index (χ1) is 6.65. The van der Waals surface area contributed by atoms with Gasteiger partial charge in [0.15, 0.2) is 0 Å². The molecule has 1 N–H and O–H groups in total. The Kier molecular flexibility index (Phi) is 2.10. The fourth-order valence-electron chi connectivity index (χ4n) is 2.25. The first-order valence-corrected chi connectivity index (χ1v) is 5.18. The van der Waals surface area contributed by atoms with Crippen molar-refractivity contribution in [1.29, 1.82) is 0 Å². The lowest BCUT2D eigenvalue weighted by Crippen LogP contribution is -1.95. The maximum Gasteiger partial charge on any atom is 0.0424 e. The molecule has 14 heavy (non-hydrogen) atoms. The molecule has 1 atom stereocenters. The van der Waals surface area contributed by atoms with Gasteiger partial charge < -0.3 is 5.32 Å². The monoisotopic (exact) mass is 187 g/mol. The molecular formula is C13H17N. The molecule has 74 valence electrons. The predicted octanol–water partition coefficient (Wildman–Crippen LogP) is 3.74. The molecular weight excluding hydrogens is 170 g/mol. The number of aryl methyl sites for hydroxylation is 1. The molecule has 0 aromatic heterocycles. The third-order valence-corrected chi connectivity index (χ3v) is 3.28. The smallest absolute Gasteiger partial charge is 0.0424 e. The van der Waals surface area contributed by atoms with Crippen molar-refractivity contribution in [3.63, 3.8) is 0 Å². The molecule has 0 radical (unpaired) electrons. The maximum atomic E-state index is 3.46. The Morgan fingerprint density at radius 3 is 2.64 bits per heavy atom. The summed E-state index contributed by atoms with van der Waals surface area (Å²) >= 11 is 0. The quantitative estimate of drug-likeness (QED) is 0.652. The Labute approximate surface area is 85.8 Å². The molecule has 0 fully saturated rings. The molecule has 1 unspecified atom stereocenters. The number of benzene rings is 1. The zero-order valence-electron chi connectivity index (χ0n) is 9.31. The van der Waals surface area contributed by atoms with Crippen LogP contribution in [0.1, 0.15) is 36.5 Å². The third kappa shape index (κ3) is 1.16. The van der Waals surface area contributed by atoms with Gasteiger partial charge in [0.25, 0.3) is 0 Å². The van der Waals surface area contributed by atoms with Crippen LogP contribution < -0.4 is 5.32 Å². The van der Waals surface area contributed by atoms with Crippen molar-refractivity contribution in [1.82, 2.24) is 0 Å². The number of nitrogens with one attached hydrogen (secondary N) is 1. The number of anilines is 1. The van der Waals surface area contributed by atoms with Crippen molar-refractivity contribution >= 4 is 5.69 Å². The van der Waals surface area contributed by atoms with E-state index in [-0.39, 0.29) is 0 Å². The lowest BCUT2D eigenvalue weighted by molar-refractivity contribution is 0.930. The molecule has 1 heterocycles. The van der Waals surface area contributed by atoms with E-state index in [2.05, 4.69) is 51.2 Å². The van der Waals surface area contributed by atoms with Crippen LogP contribution in [0, 0.1) is 13.8 Å². The highest BCUT2D eigenvalue weighted by molar-refractivity contribution is 5.68. The molecule has 1 aromatic rings. The van der Waals surface area contributed by atoms with Gasteiger partial charge in [0, 0.05) is 17.3 Å². The van der Waals surface area contributed by atoms with Crippen LogP contribution in [0.25, 0.3) is 0 Å². The Bertz CT molecular complexity index is 402. The maximum absolute atomic E-state index is 3.46. The van der Waals surface area contributed by atoms with Crippen molar-refractivity contribution in [3.8, 4) is 0 Å². The van der Waals surface area contributed by atoms with E-state index in [1.807, 2.05) is 0 Å². The van der Waals surface area contributed by atoms with Gasteiger partial charge in [-0.1, -0.05) is 19.1 Å². The minimum absolute atomic E-state index is 0.523. The third-order valence-electron chi connectivity index (χ3n) is 3.28. The van der Waals surface area contributed by atoms with E-state index in [0.29, 0.717) is 5.92 Å². The van der Waals surface area contributed by atoms with E-state index in [0.717, 1.165) is 0 Å². The fourth-order valence-corrected chi connectivity index (χ4v) is 2.25. The van der Waals surface area contributed by atoms with Gasteiger partial charge in [-0.15, -0.1) is 0 Å². The minimum Gasteiger partial charge on any atom is -0.358 e. The summed E-state index contributed by atoms with van der Waals surface area (Å²) in [7, 11) is 0. The van der Waals surface area contributed by atoms with Gasteiger partial charge in [-0.2, -0.15) is 0 Å². The standard InChI is InChI=1S/C13H17N/c1-5-11-10(4)13-9(3)8(2)6-7-12(13)14-11/h5-7,10,14H,1-4H3/b11-5-. The summed E-state index contributed by atoms with van der Waals surface area (Å²) in [5.74, 6) is 0.523. The van der Waals surface area contributed by atoms with Crippen LogP contribution >= 0.6 is 0 Å². The second-order valence-corrected chi connectivity index (χ2v) is 4.06. The first-order valence-electron chi connectivity index (χ1n) is 5.18. The summed E-state index contributed by atoms with van der Waals surface area (Å²) in [6.45, 7) is 8.74. The van der Waals surface area contributed by atoms with E-state index >= 15 is 0 Å². The molecule has 0 saturated carbocycles. The van der Waals surface area contributed by atoms with E-state index in [4.69, 9.17) is 0 Å². The summed E-state index contributed by atoms with van der Waals surface area (Å²) in [5, 5.41) is 3.46. The van der Waals surface area contributed by atoms with Crippen LogP contribution in [0.4, 0.5) is 5.69 Å². The van der Waals surface area contributed by atoms with Crippen molar-refractivity contribution in [3.05, 3.63) is 40.6 Å². The largest absolute Gasteiger partial charge is 0.358 e. The summed E-state index contributed by atoms with van der Waals surface area (Å²) < 4.78 is 0. The lowest BCUT2D eigenvalue weighted by Gasteiger charge is -2.09. The lowest BCUT2D eigenvalue weighted by atomic mass is 9.93. The average Bonchev–Trinajstić information content (AvgIpc) is 2.50. The molecule has 1 aromatic carbocycles. The van der Waals surface area contributed by atoms with E-state index in [1.165, 1.54) is 28.1 Å². The Morgan fingerprint density at radius 1 is 1.29 bits per heavy atom. The molecule has 1 nitrogen and oxygen atoms in total. The predicted molar refractivity (Wildman–Crippen MR) is 61.7 cm³/mol. The van der Waals surface area contributed by atoms with Gasteiger partial charge in [-0.05, 0) is 43.5 Å². The summed E-state index contributed by atoms with van der Waals surface area (Å²) in [5.41, 5.74) is 6.90. The van der Waals surface area contributed by atoms with Crippen molar-refractivity contribution in [2.75, 3.05) is 5.32 Å². The van der Waals surface area contributed by atoms with Crippen LogP contribution in [-0.2, 0) is 0 Å². The molecule has 0 saturated heterocycles. The molecule has 1 heteroatoms. The highest BCUT2D eigenvalue weighted by Gasteiger charge is 2.24. The molecule has 0 spiro atoms. The second kappa shape index (κ2) is 3.16. The van der Waals surface area contributed by atoms with Crippen LogP contribution in [0.5, 0.6) is 0 Å². The normalized spacial score (nSPS) is 22.3.